The lowest BCUT2D eigenvalue weighted by atomic mass is 10.2. The highest BCUT2D eigenvalue weighted by atomic mass is 16.5. The third-order valence-electron chi connectivity index (χ3n) is 1.78. The molecule has 0 saturated heterocycles. The van der Waals surface area contributed by atoms with Crippen LogP contribution in [0.4, 0.5) is 0 Å². The predicted octanol–water partition coefficient (Wildman–Crippen LogP) is 1.51. The molecule has 0 amide bonds. The molecular formula is C11H13NO2. The van der Waals surface area contributed by atoms with Gasteiger partial charge in [-0.2, -0.15) is 5.26 Å². The van der Waals surface area contributed by atoms with Crippen LogP contribution in [0.1, 0.15) is 12.0 Å². The van der Waals surface area contributed by atoms with Crippen LogP contribution in [0.15, 0.2) is 24.3 Å². The van der Waals surface area contributed by atoms with Crippen molar-refractivity contribution in [3.63, 3.8) is 0 Å². The van der Waals surface area contributed by atoms with Crippen LogP contribution in [0.5, 0.6) is 5.75 Å². The molecule has 0 fully saturated rings. The summed E-state index contributed by atoms with van der Waals surface area (Å²) in [5.41, 5.74) is 0.988. The molecule has 1 aromatic carbocycles. The molecule has 0 aliphatic carbocycles. The first-order chi connectivity index (χ1) is 6.86. The van der Waals surface area contributed by atoms with Gasteiger partial charge in [0.15, 0.2) is 0 Å². The average molecular weight is 191 g/mol. The molecule has 14 heavy (non-hydrogen) atoms. The minimum absolute atomic E-state index is 0.145. The molecule has 0 aromatic heterocycles. The predicted molar refractivity (Wildman–Crippen MR) is 53.0 cm³/mol. The van der Waals surface area contributed by atoms with Crippen molar-refractivity contribution in [2.75, 3.05) is 13.2 Å². The highest BCUT2D eigenvalue weighted by Crippen LogP contribution is 2.12. The molecule has 0 aliphatic heterocycles. The van der Waals surface area contributed by atoms with Crippen molar-refractivity contribution < 1.29 is 9.84 Å². The van der Waals surface area contributed by atoms with Crippen molar-refractivity contribution in [1.82, 2.24) is 0 Å². The first-order valence-electron chi connectivity index (χ1n) is 4.56. The molecule has 0 unspecified atom stereocenters. The molecule has 0 spiro atoms. The maximum absolute atomic E-state index is 8.54. The molecule has 1 aromatic rings. The number of hydrogen-bond acceptors (Lipinski definition) is 3. The van der Waals surface area contributed by atoms with E-state index in [-0.39, 0.29) is 6.61 Å². The third kappa shape index (κ3) is 3.46. The van der Waals surface area contributed by atoms with Gasteiger partial charge in [-0.15, -0.1) is 0 Å². The van der Waals surface area contributed by atoms with Crippen molar-refractivity contribution in [3.05, 3.63) is 29.8 Å². The lowest BCUT2D eigenvalue weighted by molar-refractivity contribution is 0.233. The Labute approximate surface area is 83.6 Å². The van der Waals surface area contributed by atoms with Crippen LogP contribution < -0.4 is 4.74 Å². The summed E-state index contributed by atoms with van der Waals surface area (Å²) in [5.74, 6) is 0.778. The van der Waals surface area contributed by atoms with E-state index in [0.717, 1.165) is 11.3 Å². The molecule has 0 atom stereocenters. The standard InChI is InChI=1S/C11H13NO2/c12-7-6-10-2-4-11(5-3-10)14-9-1-8-13/h2-5,13H,1,6,8-9H2. The number of aliphatic hydroxyl groups is 1. The first-order valence-corrected chi connectivity index (χ1v) is 4.56. The van der Waals surface area contributed by atoms with Crippen LogP contribution in [0, 0.1) is 11.3 Å². The number of ether oxygens (including phenoxy) is 1. The van der Waals surface area contributed by atoms with Gasteiger partial charge in [0, 0.05) is 13.0 Å². The zero-order valence-electron chi connectivity index (χ0n) is 7.94. The summed E-state index contributed by atoms with van der Waals surface area (Å²) in [6.45, 7) is 0.667. The molecule has 1 N–H and O–H groups in total. The van der Waals surface area contributed by atoms with Crippen molar-refractivity contribution >= 4 is 0 Å². The van der Waals surface area contributed by atoms with Gasteiger partial charge in [0.25, 0.3) is 0 Å². The van der Waals surface area contributed by atoms with Gasteiger partial charge >= 0.3 is 0 Å². The molecular weight excluding hydrogens is 178 g/mol. The summed E-state index contributed by atoms with van der Waals surface area (Å²) in [6, 6.07) is 9.50. The van der Waals surface area contributed by atoms with E-state index in [1.165, 1.54) is 0 Å². The minimum Gasteiger partial charge on any atom is -0.494 e. The molecule has 74 valence electrons. The van der Waals surface area contributed by atoms with Gasteiger partial charge in [-0.3, -0.25) is 0 Å². The maximum atomic E-state index is 8.54. The largest absolute Gasteiger partial charge is 0.494 e. The van der Waals surface area contributed by atoms with Crippen molar-refractivity contribution in [1.29, 1.82) is 5.26 Å². The monoisotopic (exact) mass is 191 g/mol. The van der Waals surface area contributed by atoms with E-state index in [2.05, 4.69) is 6.07 Å². The summed E-state index contributed by atoms with van der Waals surface area (Å²) in [5, 5.41) is 17.0. The number of aliphatic hydroxyl groups excluding tert-OH is 1. The van der Waals surface area contributed by atoms with Crippen molar-refractivity contribution in [2.24, 2.45) is 0 Å². The summed E-state index contributed by atoms with van der Waals surface area (Å²) in [7, 11) is 0. The third-order valence-corrected chi connectivity index (χ3v) is 1.78. The number of nitrogens with zero attached hydrogens (tertiary/aromatic N) is 1. The molecule has 0 saturated carbocycles. The Morgan fingerprint density at radius 2 is 2.00 bits per heavy atom. The van der Waals surface area contributed by atoms with Gasteiger partial charge < -0.3 is 9.84 Å². The highest BCUT2D eigenvalue weighted by molar-refractivity contribution is 5.28. The number of benzene rings is 1. The molecule has 0 aliphatic rings. The average Bonchev–Trinajstić information content (AvgIpc) is 2.21. The van der Waals surface area contributed by atoms with Crippen LogP contribution in [-0.2, 0) is 6.42 Å². The van der Waals surface area contributed by atoms with Gasteiger partial charge in [-0.05, 0) is 17.7 Å². The van der Waals surface area contributed by atoms with Gasteiger partial charge in [-0.1, -0.05) is 12.1 Å². The van der Waals surface area contributed by atoms with E-state index < -0.39 is 0 Å². The van der Waals surface area contributed by atoms with E-state index in [4.69, 9.17) is 15.1 Å². The van der Waals surface area contributed by atoms with Crippen LogP contribution in [0.3, 0.4) is 0 Å². The Kier molecular flexibility index (Phi) is 4.53. The molecule has 0 heterocycles. The summed E-state index contributed by atoms with van der Waals surface area (Å²) < 4.78 is 5.34. The Morgan fingerprint density at radius 3 is 2.57 bits per heavy atom. The molecule has 0 radical (unpaired) electrons. The normalized spacial score (nSPS) is 9.43. The van der Waals surface area contributed by atoms with E-state index >= 15 is 0 Å². The smallest absolute Gasteiger partial charge is 0.119 e. The second-order valence-corrected chi connectivity index (χ2v) is 2.90. The zero-order valence-corrected chi connectivity index (χ0v) is 7.94. The fraction of sp³-hybridized carbons (Fsp3) is 0.364. The summed E-state index contributed by atoms with van der Waals surface area (Å²) in [6.07, 6.45) is 1.07. The summed E-state index contributed by atoms with van der Waals surface area (Å²) in [4.78, 5) is 0. The van der Waals surface area contributed by atoms with Gasteiger partial charge in [0.2, 0.25) is 0 Å². The second kappa shape index (κ2) is 6.01. The van der Waals surface area contributed by atoms with E-state index in [1.54, 1.807) is 0 Å². The minimum atomic E-state index is 0.145. The SMILES string of the molecule is N#CCc1ccc(OCCCO)cc1. The molecule has 0 bridgehead atoms. The zero-order chi connectivity index (χ0) is 10.2. The Bertz CT molecular complexity index is 300. The topological polar surface area (TPSA) is 53.2 Å². The van der Waals surface area contributed by atoms with Gasteiger partial charge in [0.1, 0.15) is 5.75 Å². The van der Waals surface area contributed by atoms with E-state index in [1.807, 2.05) is 24.3 Å². The fourth-order valence-corrected chi connectivity index (χ4v) is 1.05. The lowest BCUT2D eigenvalue weighted by Gasteiger charge is -2.04. The lowest BCUT2D eigenvalue weighted by Crippen LogP contribution is -1.99. The molecule has 1 rings (SSSR count). The maximum Gasteiger partial charge on any atom is 0.119 e. The highest BCUT2D eigenvalue weighted by Gasteiger charge is 1.94. The van der Waals surface area contributed by atoms with E-state index in [0.29, 0.717) is 19.4 Å². The molecule has 3 heteroatoms. The van der Waals surface area contributed by atoms with Gasteiger partial charge in [0.05, 0.1) is 19.1 Å². The van der Waals surface area contributed by atoms with Crippen LogP contribution in [0.2, 0.25) is 0 Å². The second-order valence-electron chi connectivity index (χ2n) is 2.90. The number of hydrogen-bond donors (Lipinski definition) is 1. The first kappa shape index (κ1) is 10.6. The van der Waals surface area contributed by atoms with Crippen LogP contribution in [0.25, 0.3) is 0 Å². The quantitative estimate of drug-likeness (QED) is 0.718. The van der Waals surface area contributed by atoms with Crippen molar-refractivity contribution in [3.8, 4) is 11.8 Å². The van der Waals surface area contributed by atoms with E-state index in [9.17, 15) is 0 Å². The number of nitriles is 1. The molecule has 3 nitrogen and oxygen atoms in total. The van der Waals surface area contributed by atoms with Gasteiger partial charge in [-0.25, -0.2) is 0 Å². The summed E-state index contributed by atoms with van der Waals surface area (Å²) >= 11 is 0. The Balaban J connectivity index is 2.43. The number of rotatable bonds is 5. The van der Waals surface area contributed by atoms with Crippen LogP contribution in [-0.4, -0.2) is 18.3 Å². The Morgan fingerprint density at radius 1 is 1.29 bits per heavy atom. The van der Waals surface area contributed by atoms with Crippen molar-refractivity contribution in [2.45, 2.75) is 12.8 Å². The Hall–Kier alpha value is -1.53. The van der Waals surface area contributed by atoms with Crippen LogP contribution >= 0.6 is 0 Å². The fourth-order valence-electron chi connectivity index (χ4n) is 1.05.